The van der Waals surface area contributed by atoms with Crippen LogP contribution < -0.4 is 5.32 Å². The van der Waals surface area contributed by atoms with E-state index in [0.717, 1.165) is 18.5 Å². The number of aromatic nitrogens is 1. The van der Waals surface area contributed by atoms with Gasteiger partial charge in [-0.25, -0.2) is 4.98 Å². The van der Waals surface area contributed by atoms with Gasteiger partial charge < -0.3 is 20.6 Å². The van der Waals surface area contributed by atoms with E-state index in [-0.39, 0.29) is 36.2 Å². The van der Waals surface area contributed by atoms with E-state index in [9.17, 15) is 20.1 Å². The van der Waals surface area contributed by atoms with Crippen LogP contribution in [-0.2, 0) is 4.79 Å². The first-order chi connectivity index (χ1) is 12.7. The SMILES string of the molecule is Cc1cccc(NC(=O)C[C@H]2[C@H](O)CC[C@H]3[C@](C)(CO)[C@H](O)CC[C@]32C)n1. The number of aliphatic hydroxyl groups excluding tert-OH is 3. The maximum Gasteiger partial charge on any atom is 0.225 e. The fourth-order valence-corrected chi connectivity index (χ4v) is 5.61. The molecule has 2 fully saturated rings. The minimum Gasteiger partial charge on any atom is -0.396 e. The maximum absolute atomic E-state index is 12.7. The molecule has 1 heterocycles. The van der Waals surface area contributed by atoms with E-state index in [4.69, 9.17) is 0 Å². The van der Waals surface area contributed by atoms with Gasteiger partial charge in [-0.3, -0.25) is 4.79 Å². The van der Waals surface area contributed by atoms with Crippen LogP contribution in [0.3, 0.4) is 0 Å². The lowest BCUT2D eigenvalue weighted by Gasteiger charge is -2.60. The van der Waals surface area contributed by atoms with Gasteiger partial charge in [0, 0.05) is 17.5 Å². The highest BCUT2D eigenvalue weighted by molar-refractivity contribution is 5.90. The third-order valence-corrected chi connectivity index (χ3v) is 7.27. The summed E-state index contributed by atoms with van der Waals surface area (Å²) in [5.41, 5.74) is -0.0661. The molecule has 4 N–H and O–H groups in total. The van der Waals surface area contributed by atoms with Crippen LogP contribution in [0.15, 0.2) is 18.2 Å². The minimum absolute atomic E-state index is 0.0667. The van der Waals surface area contributed by atoms with E-state index < -0.39 is 17.6 Å². The summed E-state index contributed by atoms with van der Waals surface area (Å²) in [6.45, 7) is 5.83. The molecule has 2 aliphatic rings. The molecule has 6 nitrogen and oxygen atoms in total. The van der Waals surface area contributed by atoms with Crippen LogP contribution in [0, 0.1) is 29.6 Å². The Bertz CT molecular complexity index is 697. The molecule has 1 amide bonds. The lowest BCUT2D eigenvalue weighted by atomic mass is 9.46. The Balaban J connectivity index is 1.80. The van der Waals surface area contributed by atoms with Gasteiger partial charge in [0.15, 0.2) is 0 Å². The van der Waals surface area contributed by atoms with Crippen molar-refractivity contribution < 1.29 is 20.1 Å². The molecule has 0 aliphatic heterocycles. The largest absolute Gasteiger partial charge is 0.396 e. The second kappa shape index (κ2) is 7.49. The zero-order valence-corrected chi connectivity index (χ0v) is 16.5. The number of hydrogen-bond donors (Lipinski definition) is 4. The van der Waals surface area contributed by atoms with Crippen molar-refractivity contribution in [1.82, 2.24) is 4.98 Å². The van der Waals surface area contributed by atoms with E-state index in [1.807, 2.05) is 26.0 Å². The number of hydrogen-bond acceptors (Lipinski definition) is 5. The van der Waals surface area contributed by atoms with Crippen molar-refractivity contribution in [2.45, 2.75) is 65.1 Å². The number of nitrogens with zero attached hydrogens (tertiary/aromatic N) is 1. The Morgan fingerprint density at radius 1 is 1.26 bits per heavy atom. The second-order valence-electron chi connectivity index (χ2n) is 8.94. The summed E-state index contributed by atoms with van der Waals surface area (Å²) < 4.78 is 0. The van der Waals surface area contributed by atoms with Crippen molar-refractivity contribution in [3.63, 3.8) is 0 Å². The summed E-state index contributed by atoms with van der Waals surface area (Å²) in [6.07, 6.45) is 1.76. The number of carbonyl (C=O) groups excluding carboxylic acids is 1. The molecular formula is C21H32N2O4. The molecule has 3 rings (SSSR count). The van der Waals surface area contributed by atoms with Gasteiger partial charge in [0.2, 0.25) is 5.91 Å². The van der Waals surface area contributed by atoms with Crippen molar-refractivity contribution in [2.75, 3.05) is 11.9 Å². The van der Waals surface area contributed by atoms with Crippen LogP contribution in [0.4, 0.5) is 5.82 Å². The van der Waals surface area contributed by atoms with Crippen molar-refractivity contribution in [1.29, 1.82) is 0 Å². The molecule has 150 valence electrons. The zero-order valence-electron chi connectivity index (χ0n) is 16.5. The topological polar surface area (TPSA) is 103 Å². The summed E-state index contributed by atoms with van der Waals surface area (Å²) in [4.78, 5) is 17.0. The van der Waals surface area contributed by atoms with Gasteiger partial charge in [0.05, 0.1) is 18.8 Å². The first kappa shape index (κ1) is 20.2. The first-order valence-corrected chi connectivity index (χ1v) is 9.91. The van der Waals surface area contributed by atoms with Gasteiger partial charge in [0.1, 0.15) is 5.82 Å². The molecule has 2 saturated carbocycles. The number of aryl methyl sites for hydroxylation is 1. The van der Waals surface area contributed by atoms with E-state index in [1.165, 1.54) is 0 Å². The van der Waals surface area contributed by atoms with E-state index >= 15 is 0 Å². The van der Waals surface area contributed by atoms with Crippen LogP contribution in [0.2, 0.25) is 0 Å². The Hall–Kier alpha value is -1.50. The summed E-state index contributed by atoms with van der Waals surface area (Å²) in [5, 5.41) is 34.1. The average molecular weight is 376 g/mol. The Kier molecular flexibility index (Phi) is 5.62. The predicted molar refractivity (Wildman–Crippen MR) is 103 cm³/mol. The quantitative estimate of drug-likeness (QED) is 0.646. The van der Waals surface area contributed by atoms with Crippen LogP contribution in [0.25, 0.3) is 0 Å². The maximum atomic E-state index is 12.7. The number of anilines is 1. The van der Waals surface area contributed by atoms with Crippen molar-refractivity contribution in [3.8, 4) is 0 Å². The molecule has 2 aliphatic carbocycles. The first-order valence-electron chi connectivity index (χ1n) is 9.91. The molecule has 6 atom stereocenters. The van der Waals surface area contributed by atoms with Crippen LogP contribution in [0.1, 0.15) is 51.6 Å². The van der Waals surface area contributed by atoms with Gasteiger partial charge in [-0.05, 0) is 62.0 Å². The Labute approximate surface area is 161 Å². The monoisotopic (exact) mass is 376 g/mol. The predicted octanol–water partition coefficient (Wildman–Crippen LogP) is 2.27. The van der Waals surface area contributed by atoms with Crippen molar-refractivity contribution in [2.24, 2.45) is 22.7 Å². The van der Waals surface area contributed by atoms with Crippen LogP contribution >= 0.6 is 0 Å². The van der Waals surface area contributed by atoms with E-state index in [0.29, 0.717) is 18.7 Å². The number of pyridine rings is 1. The Morgan fingerprint density at radius 3 is 2.67 bits per heavy atom. The third kappa shape index (κ3) is 3.62. The van der Waals surface area contributed by atoms with Crippen LogP contribution in [0.5, 0.6) is 0 Å². The zero-order chi connectivity index (χ0) is 19.8. The molecular weight excluding hydrogens is 344 g/mol. The number of fused-ring (bicyclic) bond motifs is 1. The van der Waals surface area contributed by atoms with Crippen molar-refractivity contribution in [3.05, 3.63) is 23.9 Å². The highest BCUT2D eigenvalue weighted by Crippen LogP contribution is 2.60. The molecule has 0 bridgehead atoms. The number of nitrogens with one attached hydrogen (secondary N) is 1. The number of rotatable bonds is 4. The number of carbonyl (C=O) groups is 1. The summed E-state index contributed by atoms with van der Waals surface area (Å²) >= 11 is 0. The number of amides is 1. The van der Waals surface area contributed by atoms with Gasteiger partial charge >= 0.3 is 0 Å². The van der Waals surface area contributed by atoms with Gasteiger partial charge in [-0.1, -0.05) is 19.9 Å². The summed E-state index contributed by atoms with van der Waals surface area (Å²) in [5.74, 6) is 0.221. The van der Waals surface area contributed by atoms with Gasteiger partial charge in [-0.2, -0.15) is 0 Å². The molecule has 0 spiro atoms. The molecule has 0 radical (unpaired) electrons. The second-order valence-corrected chi connectivity index (χ2v) is 8.94. The fraction of sp³-hybridized carbons (Fsp3) is 0.714. The van der Waals surface area contributed by atoms with Gasteiger partial charge in [-0.15, -0.1) is 0 Å². The standard InChI is InChI=1S/C21H32N2O4/c1-13-5-4-6-18(22-13)23-19(27)11-14-15(25)7-8-16-20(14,2)10-9-17(26)21(16,3)12-24/h4-6,14-17,24-26H,7-12H2,1-3H3,(H,22,23,27)/t14-,15+,16+,17+,20-,21-/m0/s1. The normalized spacial score (nSPS) is 38.9. The molecule has 1 aromatic heterocycles. The smallest absolute Gasteiger partial charge is 0.225 e. The van der Waals surface area contributed by atoms with Crippen LogP contribution in [-0.4, -0.2) is 45.0 Å². The Morgan fingerprint density at radius 2 is 2.00 bits per heavy atom. The van der Waals surface area contributed by atoms with E-state index in [2.05, 4.69) is 17.2 Å². The molecule has 0 saturated heterocycles. The molecule has 0 aromatic carbocycles. The fourth-order valence-electron chi connectivity index (χ4n) is 5.61. The molecule has 1 aromatic rings. The van der Waals surface area contributed by atoms with Gasteiger partial charge in [0.25, 0.3) is 0 Å². The molecule has 0 unspecified atom stereocenters. The summed E-state index contributed by atoms with van der Waals surface area (Å²) in [7, 11) is 0. The van der Waals surface area contributed by atoms with Crippen molar-refractivity contribution >= 4 is 11.7 Å². The summed E-state index contributed by atoms with van der Waals surface area (Å²) in [6, 6.07) is 5.47. The lowest BCUT2D eigenvalue weighted by Crippen LogP contribution is -2.60. The minimum atomic E-state index is -0.597. The number of aliphatic hydroxyl groups is 3. The third-order valence-electron chi connectivity index (χ3n) is 7.27. The van der Waals surface area contributed by atoms with E-state index in [1.54, 1.807) is 6.07 Å². The highest BCUT2D eigenvalue weighted by atomic mass is 16.3. The molecule has 27 heavy (non-hydrogen) atoms. The average Bonchev–Trinajstić information content (AvgIpc) is 2.62. The molecule has 6 heteroatoms. The highest BCUT2D eigenvalue weighted by Gasteiger charge is 2.58. The lowest BCUT2D eigenvalue weighted by molar-refractivity contribution is -0.185.